The Balaban J connectivity index is 1.38. The molecule has 4 aromatic rings. The molecule has 0 saturated carbocycles. The number of nitrogens with zero attached hydrogens (tertiary/aromatic N) is 3. The summed E-state index contributed by atoms with van der Waals surface area (Å²) in [7, 11) is 1.78. The first-order valence-corrected chi connectivity index (χ1v) is 9.11. The van der Waals surface area contributed by atoms with Gasteiger partial charge in [-0.2, -0.15) is 0 Å². The fourth-order valence-electron chi connectivity index (χ4n) is 2.83. The van der Waals surface area contributed by atoms with Gasteiger partial charge in [0.05, 0.1) is 17.6 Å². The Morgan fingerprint density at radius 1 is 1.14 bits per heavy atom. The van der Waals surface area contributed by atoms with Crippen molar-refractivity contribution in [1.29, 1.82) is 0 Å². The van der Waals surface area contributed by atoms with E-state index in [1.165, 1.54) is 6.07 Å². The van der Waals surface area contributed by atoms with Crippen molar-refractivity contribution in [2.45, 2.75) is 0 Å². The molecule has 2 N–H and O–H groups in total. The van der Waals surface area contributed by atoms with Gasteiger partial charge < -0.3 is 14.4 Å². The quantitative estimate of drug-likeness (QED) is 0.526. The number of hydrogen-bond donors (Lipinski definition) is 2. The molecule has 146 valence electrons. The fourth-order valence-corrected chi connectivity index (χ4v) is 2.99. The first-order valence-electron chi connectivity index (χ1n) is 8.73. The van der Waals surface area contributed by atoms with E-state index in [9.17, 15) is 9.59 Å². The van der Waals surface area contributed by atoms with Crippen LogP contribution in [0, 0.1) is 0 Å². The van der Waals surface area contributed by atoms with Gasteiger partial charge in [0.25, 0.3) is 5.91 Å². The fraction of sp³-hybridized carbons (Fsp3) is 0.100. The van der Waals surface area contributed by atoms with Gasteiger partial charge >= 0.3 is 0 Å². The largest absolute Gasteiger partial charge is 0.355 e. The number of anilines is 1. The van der Waals surface area contributed by atoms with E-state index >= 15 is 0 Å². The van der Waals surface area contributed by atoms with Crippen LogP contribution in [0.1, 0.15) is 10.5 Å². The normalized spacial score (nSPS) is 10.8. The molecule has 2 aromatic carbocycles. The van der Waals surface area contributed by atoms with Crippen LogP contribution in [0.3, 0.4) is 0 Å². The highest BCUT2D eigenvalue weighted by atomic mass is 35.5. The Morgan fingerprint density at radius 3 is 2.72 bits per heavy atom. The van der Waals surface area contributed by atoms with E-state index in [1.807, 2.05) is 36.4 Å². The van der Waals surface area contributed by atoms with Crippen LogP contribution in [0.25, 0.3) is 22.4 Å². The first kappa shape index (κ1) is 18.7. The number of benzene rings is 2. The van der Waals surface area contributed by atoms with Crippen molar-refractivity contribution < 1.29 is 14.1 Å². The van der Waals surface area contributed by atoms with Gasteiger partial charge in [-0.15, -0.1) is 0 Å². The molecule has 0 fully saturated rings. The number of nitrogens with one attached hydrogen (secondary N) is 2. The van der Waals surface area contributed by atoms with Gasteiger partial charge in [0.1, 0.15) is 0 Å². The van der Waals surface area contributed by atoms with E-state index in [1.54, 1.807) is 23.7 Å². The number of hydrogen-bond acceptors (Lipinski definition) is 5. The predicted molar refractivity (Wildman–Crippen MR) is 109 cm³/mol. The summed E-state index contributed by atoms with van der Waals surface area (Å²) in [4.78, 5) is 28.8. The molecule has 0 bridgehead atoms. The lowest BCUT2D eigenvalue weighted by atomic mass is 10.1. The minimum atomic E-state index is -0.511. The second-order valence-corrected chi connectivity index (χ2v) is 6.74. The van der Waals surface area contributed by atoms with Crippen LogP contribution in [0.4, 0.5) is 5.95 Å². The van der Waals surface area contributed by atoms with Gasteiger partial charge in [-0.3, -0.25) is 14.9 Å². The van der Waals surface area contributed by atoms with E-state index in [0.29, 0.717) is 22.2 Å². The maximum Gasteiger partial charge on any atom is 0.273 e. The number of carbonyl (C=O) groups is 2. The molecular formula is C20H16ClN5O3. The predicted octanol–water partition coefficient (Wildman–Crippen LogP) is 3.25. The lowest BCUT2D eigenvalue weighted by molar-refractivity contribution is -0.115. The second-order valence-electron chi connectivity index (χ2n) is 6.30. The van der Waals surface area contributed by atoms with Crippen molar-refractivity contribution in [3.8, 4) is 11.3 Å². The van der Waals surface area contributed by atoms with Crippen LogP contribution in [0.2, 0.25) is 5.02 Å². The third-order valence-electron chi connectivity index (χ3n) is 4.30. The van der Waals surface area contributed by atoms with E-state index in [4.69, 9.17) is 16.1 Å². The summed E-state index contributed by atoms with van der Waals surface area (Å²) in [5, 5.41) is 9.50. The zero-order valence-electron chi connectivity index (χ0n) is 15.3. The average Bonchev–Trinajstić information content (AvgIpc) is 3.32. The van der Waals surface area contributed by atoms with Gasteiger partial charge in [-0.05, 0) is 18.2 Å². The van der Waals surface area contributed by atoms with Crippen molar-refractivity contribution in [3.05, 3.63) is 65.3 Å². The molecule has 29 heavy (non-hydrogen) atoms. The van der Waals surface area contributed by atoms with Crippen molar-refractivity contribution >= 4 is 40.4 Å². The lowest BCUT2D eigenvalue weighted by Crippen LogP contribution is -2.33. The Bertz CT molecular complexity index is 1200. The molecule has 0 aliphatic heterocycles. The van der Waals surface area contributed by atoms with E-state index in [2.05, 4.69) is 20.8 Å². The molecule has 8 nitrogen and oxygen atoms in total. The maximum absolute atomic E-state index is 12.2. The summed E-state index contributed by atoms with van der Waals surface area (Å²) in [6, 6.07) is 16.1. The summed E-state index contributed by atoms with van der Waals surface area (Å²) < 4.78 is 6.93. The number of carbonyl (C=O) groups excluding carboxylic acids is 2. The summed E-state index contributed by atoms with van der Waals surface area (Å²) in [5.41, 5.74) is 2.38. The number of fused-ring (bicyclic) bond motifs is 1. The molecule has 4 rings (SSSR count). The zero-order chi connectivity index (χ0) is 20.4. The molecule has 0 aliphatic carbocycles. The molecule has 0 aliphatic rings. The number of aromatic nitrogens is 3. The number of amides is 2. The number of rotatable bonds is 5. The minimum Gasteiger partial charge on any atom is -0.355 e. The Morgan fingerprint density at radius 2 is 1.93 bits per heavy atom. The van der Waals surface area contributed by atoms with Crippen LogP contribution < -0.4 is 10.6 Å². The number of aryl methyl sites for hydroxylation is 1. The van der Waals surface area contributed by atoms with Gasteiger partial charge in [0, 0.05) is 23.7 Å². The monoisotopic (exact) mass is 409 g/mol. The molecule has 2 heterocycles. The Labute approximate surface area is 170 Å². The van der Waals surface area contributed by atoms with Crippen LogP contribution in [0.5, 0.6) is 0 Å². The molecule has 0 atom stereocenters. The smallest absolute Gasteiger partial charge is 0.273 e. The third kappa shape index (κ3) is 3.97. The Hall–Kier alpha value is -3.65. The summed E-state index contributed by atoms with van der Waals surface area (Å²) in [5.74, 6) is -0.106. The zero-order valence-corrected chi connectivity index (χ0v) is 16.1. The number of imidazole rings is 1. The molecule has 0 radical (unpaired) electrons. The van der Waals surface area contributed by atoms with Crippen LogP contribution in [-0.4, -0.2) is 33.1 Å². The standard InChI is InChI=1S/C20H16ClN5O3/c1-26-16-8-7-13(21)9-14(16)23-20(26)24-18(27)11-22-19(28)15-10-17(29-25-15)12-5-3-2-4-6-12/h2-10H,11H2,1H3,(H,22,28)(H,23,24,27). The summed E-state index contributed by atoms with van der Waals surface area (Å²) in [6.45, 7) is -0.240. The average molecular weight is 410 g/mol. The molecule has 0 spiro atoms. The van der Waals surface area contributed by atoms with Crippen LogP contribution >= 0.6 is 11.6 Å². The second kappa shape index (κ2) is 7.76. The van der Waals surface area contributed by atoms with Crippen LogP contribution in [-0.2, 0) is 11.8 Å². The molecule has 0 unspecified atom stereocenters. The van der Waals surface area contributed by atoms with Crippen LogP contribution in [0.15, 0.2) is 59.1 Å². The molecule has 9 heteroatoms. The first-order chi connectivity index (χ1) is 14.0. The van der Waals surface area contributed by atoms with E-state index < -0.39 is 11.8 Å². The number of halogens is 1. The summed E-state index contributed by atoms with van der Waals surface area (Å²) in [6.07, 6.45) is 0. The SMILES string of the molecule is Cn1c(NC(=O)CNC(=O)c2cc(-c3ccccc3)on2)nc2cc(Cl)ccc21. The van der Waals surface area contributed by atoms with Gasteiger partial charge in [-0.25, -0.2) is 4.98 Å². The maximum atomic E-state index is 12.2. The van der Waals surface area contributed by atoms with Crippen molar-refractivity contribution in [3.63, 3.8) is 0 Å². The topological polar surface area (TPSA) is 102 Å². The van der Waals surface area contributed by atoms with E-state index in [0.717, 1.165) is 11.1 Å². The highest BCUT2D eigenvalue weighted by Crippen LogP contribution is 2.22. The third-order valence-corrected chi connectivity index (χ3v) is 4.54. The molecule has 2 amide bonds. The lowest BCUT2D eigenvalue weighted by Gasteiger charge is -2.05. The van der Waals surface area contributed by atoms with Gasteiger partial charge in [-0.1, -0.05) is 47.1 Å². The van der Waals surface area contributed by atoms with E-state index in [-0.39, 0.29) is 12.2 Å². The van der Waals surface area contributed by atoms with Crippen molar-refractivity contribution in [2.75, 3.05) is 11.9 Å². The Kier molecular flexibility index (Phi) is 5.01. The molecule has 2 aromatic heterocycles. The highest BCUT2D eigenvalue weighted by molar-refractivity contribution is 6.31. The minimum absolute atomic E-state index is 0.0917. The van der Waals surface area contributed by atoms with Gasteiger partial charge in [0.2, 0.25) is 11.9 Å². The van der Waals surface area contributed by atoms with Crippen molar-refractivity contribution in [1.82, 2.24) is 20.0 Å². The summed E-state index contributed by atoms with van der Waals surface area (Å²) >= 11 is 5.97. The van der Waals surface area contributed by atoms with Gasteiger partial charge in [0.15, 0.2) is 11.5 Å². The molecule has 0 saturated heterocycles. The van der Waals surface area contributed by atoms with Crippen molar-refractivity contribution in [2.24, 2.45) is 7.05 Å². The molecular weight excluding hydrogens is 394 g/mol. The highest BCUT2D eigenvalue weighted by Gasteiger charge is 2.16.